The third-order valence-electron chi connectivity index (χ3n) is 3.56. The first kappa shape index (κ1) is 14.8. The molecule has 1 atom stereocenters. The maximum Gasteiger partial charge on any atom is 0.246 e. The molecule has 0 saturated carbocycles. The lowest BCUT2D eigenvalue weighted by Crippen LogP contribution is -2.37. The molecule has 1 heterocycles. The summed E-state index contributed by atoms with van der Waals surface area (Å²) >= 11 is 0. The van der Waals surface area contributed by atoms with E-state index >= 15 is 0 Å². The number of rotatable bonds is 3. The van der Waals surface area contributed by atoms with Crippen LogP contribution >= 0.6 is 0 Å². The van der Waals surface area contributed by atoms with Gasteiger partial charge in [0.25, 0.3) is 0 Å². The molecule has 0 N–H and O–H groups in total. The van der Waals surface area contributed by atoms with Gasteiger partial charge in [0.1, 0.15) is 0 Å². The molecule has 2 aromatic carbocycles. The molecule has 3 rings (SSSR count). The van der Waals surface area contributed by atoms with Crippen LogP contribution in [0.15, 0.2) is 71.8 Å². The molecule has 0 spiro atoms. The van der Waals surface area contributed by atoms with E-state index in [-0.39, 0.29) is 11.4 Å². The largest absolute Gasteiger partial charge is 0.478 e. The van der Waals surface area contributed by atoms with Gasteiger partial charge >= 0.3 is 0 Å². The number of aryl methyl sites for hydroxylation is 1. The van der Waals surface area contributed by atoms with Crippen molar-refractivity contribution in [3.63, 3.8) is 0 Å². The van der Waals surface area contributed by atoms with Crippen molar-refractivity contribution in [3.05, 3.63) is 78.1 Å². The smallest absolute Gasteiger partial charge is 0.246 e. The summed E-state index contributed by atoms with van der Waals surface area (Å²) in [5.41, 5.74) is 1.83. The van der Waals surface area contributed by atoms with Crippen LogP contribution in [0.2, 0.25) is 0 Å². The quantitative estimate of drug-likeness (QED) is 0.873. The van der Waals surface area contributed by atoms with Gasteiger partial charge in [-0.3, -0.25) is 0 Å². The lowest BCUT2D eigenvalue weighted by molar-refractivity contribution is 0.0357. The van der Waals surface area contributed by atoms with Crippen LogP contribution in [0.4, 0.5) is 0 Å². The fourth-order valence-corrected chi connectivity index (χ4v) is 3.83. The first-order valence-corrected chi connectivity index (χ1v) is 8.47. The van der Waals surface area contributed by atoms with Crippen molar-refractivity contribution in [2.24, 2.45) is 0 Å². The number of hydrogen-bond donors (Lipinski definition) is 0. The van der Waals surface area contributed by atoms with Gasteiger partial charge in [0.2, 0.25) is 10.0 Å². The zero-order valence-corrected chi connectivity index (χ0v) is 13.0. The van der Waals surface area contributed by atoms with Crippen LogP contribution in [0.1, 0.15) is 17.4 Å². The number of ether oxygens (including phenoxy) is 1. The molecule has 2 aromatic rings. The van der Waals surface area contributed by atoms with Gasteiger partial charge in [0.15, 0.2) is 6.23 Å². The van der Waals surface area contributed by atoms with Crippen LogP contribution in [0.25, 0.3) is 0 Å². The van der Waals surface area contributed by atoms with E-state index in [9.17, 15) is 8.42 Å². The molecule has 22 heavy (non-hydrogen) atoms. The SMILES string of the molecule is Cc1ccc(S(=O)(=O)N2CC=COC2c2ccccc2)cc1. The van der Waals surface area contributed by atoms with Crippen molar-refractivity contribution in [2.75, 3.05) is 6.54 Å². The van der Waals surface area contributed by atoms with E-state index in [2.05, 4.69) is 0 Å². The van der Waals surface area contributed by atoms with Crippen LogP contribution in [-0.4, -0.2) is 19.3 Å². The average molecular weight is 315 g/mol. The molecule has 0 radical (unpaired) electrons. The highest BCUT2D eigenvalue weighted by Crippen LogP contribution is 2.31. The molecule has 0 saturated heterocycles. The summed E-state index contributed by atoms with van der Waals surface area (Å²) in [5, 5.41) is 0. The zero-order chi connectivity index (χ0) is 15.6. The van der Waals surface area contributed by atoms with Gasteiger partial charge in [-0.25, -0.2) is 8.42 Å². The van der Waals surface area contributed by atoms with Crippen LogP contribution in [0.5, 0.6) is 0 Å². The highest BCUT2D eigenvalue weighted by Gasteiger charge is 2.34. The lowest BCUT2D eigenvalue weighted by Gasteiger charge is -2.32. The maximum absolute atomic E-state index is 12.9. The molecule has 0 bridgehead atoms. The fourth-order valence-electron chi connectivity index (χ4n) is 2.37. The first-order chi connectivity index (χ1) is 10.6. The third kappa shape index (κ3) is 2.77. The summed E-state index contributed by atoms with van der Waals surface area (Å²) in [6, 6.07) is 16.2. The summed E-state index contributed by atoms with van der Waals surface area (Å²) in [7, 11) is -3.62. The highest BCUT2D eigenvalue weighted by atomic mass is 32.2. The summed E-state index contributed by atoms with van der Waals surface area (Å²) in [6.45, 7) is 2.21. The van der Waals surface area contributed by atoms with Crippen molar-refractivity contribution < 1.29 is 13.2 Å². The minimum atomic E-state index is -3.62. The van der Waals surface area contributed by atoms with Crippen molar-refractivity contribution in [3.8, 4) is 0 Å². The lowest BCUT2D eigenvalue weighted by atomic mass is 10.2. The Morgan fingerprint density at radius 1 is 1.05 bits per heavy atom. The van der Waals surface area contributed by atoms with Crippen molar-refractivity contribution >= 4 is 10.0 Å². The van der Waals surface area contributed by atoms with Gasteiger partial charge in [-0.2, -0.15) is 4.31 Å². The van der Waals surface area contributed by atoms with Gasteiger partial charge in [-0.1, -0.05) is 48.0 Å². The molecule has 0 amide bonds. The molecule has 4 nitrogen and oxygen atoms in total. The molecule has 0 aromatic heterocycles. The van der Waals surface area contributed by atoms with E-state index in [1.54, 1.807) is 36.6 Å². The topological polar surface area (TPSA) is 46.6 Å². The molecule has 1 aliphatic heterocycles. The summed E-state index contributed by atoms with van der Waals surface area (Å²) in [4.78, 5) is 0.276. The Morgan fingerprint density at radius 2 is 1.73 bits per heavy atom. The second kappa shape index (κ2) is 5.94. The maximum atomic E-state index is 12.9. The van der Waals surface area contributed by atoms with E-state index in [0.29, 0.717) is 0 Å². The fraction of sp³-hybridized carbons (Fsp3) is 0.176. The van der Waals surface area contributed by atoms with E-state index in [1.165, 1.54) is 4.31 Å². The predicted molar refractivity (Wildman–Crippen MR) is 84.5 cm³/mol. The Labute approximate surface area is 130 Å². The molecule has 0 aliphatic carbocycles. The molecule has 1 aliphatic rings. The minimum Gasteiger partial charge on any atom is -0.478 e. The third-order valence-corrected chi connectivity index (χ3v) is 5.39. The Hall–Kier alpha value is -2.11. The van der Waals surface area contributed by atoms with Crippen LogP contribution in [0.3, 0.4) is 0 Å². The molecule has 1 unspecified atom stereocenters. The number of benzene rings is 2. The Kier molecular flexibility index (Phi) is 4.00. The molecular weight excluding hydrogens is 298 g/mol. The summed E-state index contributed by atoms with van der Waals surface area (Å²) < 4.78 is 32.7. The van der Waals surface area contributed by atoms with Gasteiger partial charge in [-0.15, -0.1) is 0 Å². The highest BCUT2D eigenvalue weighted by molar-refractivity contribution is 7.89. The number of nitrogens with zero attached hydrogens (tertiary/aromatic N) is 1. The Bertz CT molecular complexity index is 767. The predicted octanol–water partition coefficient (Wildman–Crippen LogP) is 3.23. The monoisotopic (exact) mass is 315 g/mol. The first-order valence-electron chi connectivity index (χ1n) is 7.03. The zero-order valence-electron chi connectivity index (χ0n) is 12.2. The molecule has 0 fully saturated rings. The molecule has 114 valence electrons. The Balaban J connectivity index is 2.00. The second-order valence-electron chi connectivity index (χ2n) is 5.16. The van der Waals surface area contributed by atoms with Crippen LogP contribution in [-0.2, 0) is 14.8 Å². The normalized spacial score (nSPS) is 18.9. The van der Waals surface area contributed by atoms with E-state index in [1.807, 2.05) is 37.3 Å². The molecule has 5 heteroatoms. The number of sulfonamides is 1. The Morgan fingerprint density at radius 3 is 2.41 bits per heavy atom. The van der Waals surface area contributed by atoms with E-state index in [4.69, 9.17) is 4.74 Å². The number of hydrogen-bond acceptors (Lipinski definition) is 3. The standard InChI is InChI=1S/C17H17NO3S/c1-14-8-10-16(11-9-14)22(19,20)18-12-5-13-21-17(18)15-6-3-2-4-7-15/h2-11,13,17H,12H2,1H3. The van der Waals surface area contributed by atoms with Crippen LogP contribution in [0, 0.1) is 6.92 Å². The summed E-state index contributed by atoms with van der Waals surface area (Å²) in [5.74, 6) is 0. The second-order valence-corrected chi connectivity index (χ2v) is 7.05. The van der Waals surface area contributed by atoms with Gasteiger partial charge < -0.3 is 4.74 Å². The van der Waals surface area contributed by atoms with E-state index in [0.717, 1.165) is 11.1 Å². The van der Waals surface area contributed by atoms with E-state index < -0.39 is 16.3 Å². The van der Waals surface area contributed by atoms with Gasteiger partial charge in [0, 0.05) is 12.1 Å². The van der Waals surface area contributed by atoms with Gasteiger partial charge in [0.05, 0.1) is 11.2 Å². The summed E-state index contributed by atoms with van der Waals surface area (Å²) in [6.07, 6.45) is 2.61. The average Bonchev–Trinajstić information content (AvgIpc) is 2.56. The van der Waals surface area contributed by atoms with Crippen molar-refractivity contribution in [2.45, 2.75) is 18.0 Å². The van der Waals surface area contributed by atoms with Crippen LogP contribution < -0.4 is 0 Å². The van der Waals surface area contributed by atoms with Crippen molar-refractivity contribution in [1.82, 2.24) is 4.31 Å². The van der Waals surface area contributed by atoms with Gasteiger partial charge in [-0.05, 0) is 25.1 Å². The molecular formula is C17H17NO3S. The minimum absolute atomic E-state index is 0.276. The van der Waals surface area contributed by atoms with Crippen molar-refractivity contribution in [1.29, 1.82) is 0 Å².